The summed E-state index contributed by atoms with van der Waals surface area (Å²) in [6.45, 7) is 0. The van der Waals surface area contributed by atoms with Gasteiger partial charge in [0.15, 0.2) is 0 Å². The van der Waals surface area contributed by atoms with Crippen LogP contribution < -0.4 is 11.1 Å². The molecule has 2 atom stereocenters. The minimum absolute atomic E-state index is 0.0447. The van der Waals surface area contributed by atoms with Gasteiger partial charge in [-0.2, -0.15) is 4.98 Å². The number of aromatic nitrogens is 3. The van der Waals surface area contributed by atoms with Gasteiger partial charge in [-0.25, -0.2) is 4.68 Å². The topological polar surface area (TPSA) is 81.9 Å². The van der Waals surface area contributed by atoms with Crippen molar-refractivity contribution in [3.8, 4) is 0 Å². The van der Waals surface area contributed by atoms with Crippen LogP contribution in [0.3, 0.4) is 0 Å². The van der Waals surface area contributed by atoms with E-state index in [4.69, 9.17) is 21.8 Å². The zero-order valence-corrected chi connectivity index (χ0v) is 12.4. The zero-order valence-electron chi connectivity index (χ0n) is 11.6. The third-order valence-electron chi connectivity index (χ3n) is 3.85. The quantitative estimate of drug-likeness (QED) is 0.758. The Hall–Kier alpha value is -2.47. The molecule has 0 saturated heterocycles. The average molecular weight is 316 g/mol. The lowest BCUT2D eigenvalue weighted by Gasteiger charge is -2.30. The van der Waals surface area contributed by atoms with Crippen LogP contribution in [-0.4, -0.2) is 14.8 Å². The molecule has 2 aromatic heterocycles. The van der Waals surface area contributed by atoms with E-state index in [1.807, 2.05) is 36.4 Å². The van der Waals surface area contributed by atoms with Crippen molar-refractivity contribution in [2.24, 2.45) is 0 Å². The first-order chi connectivity index (χ1) is 10.7. The molecule has 7 heteroatoms. The lowest BCUT2D eigenvalue weighted by molar-refractivity contribution is 0.359. The molecule has 1 aliphatic rings. The Kier molecular flexibility index (Phi) is 3.04. The predicted octanol–water partition coefficient (Wildman–Crippen LogP) is 3.25. The predicted molar refractivity (Wildman–Crippen MR) is 83.7 cm³/mol. The van der Waals surface area contributed by atoms with E-state index in [-0.39, 0.29) is 18.0 Å². The van der Waals surface area contributed by atoms with Crippen LogP contribution in [0.25, 0.3) is 0 Å². The van der Waals surface area contributed by atoms with Gasteiger partial charge in [0, 0.05) is 11.4 Å². The molecule has 0 spiro atoms. The Balaban J connectivity index is 1.74. The van der Waals surface area contributed by atoms with E-state index in [0.717, 1.165) is 22.8 Å². The molecule has 3 heterocycles. The number of nitrogens with one attached hydrogen (secondary N) is 1. The van der Waals surface area contributed by atoms with Crippen LogP contribution in [0.5, 0.6) is 0 Å². The van der Waals surface area contributed by atoms with Gasteiger partial charge in [0.05, 0.1) is 12.3 Å². The van der Waals surface area contributed by atoms with Crippen molar-refractivity contribution in [2.75, 3.05) is 11.1 Å². The van der Waals surface area contributed by atoms with Crippen molar-refractivity contribution >= 4 is 23.5 Å². The summed E-state index contributed by atoms with van der Waals surface area (Å²) in [4.78, 5) is 4.26. The second kappa shape index (κ2) is 5.06. The van der Waals surface area contributed by atoms with Gasteiger partial charge >= 0.3 is 0 Å². The van der Waals surface area contributed by atoms with Gasteiger partial charge in [0.1, 0.15) is 11.8 Å². The van der Waals surface area contributed by atoms with Crippen molar-refractivity contribution in [1.82, 2.24) is 14.8 Å². The maximum absolute atomic E-state index is 5.97. The Morgan fingerprint density at radius 3 is 2.82 bits per heavy atom. The Morgan fingerprint density at radius 2 is 2.09 bits per heavy atom. The number of fused-ring (bicyclic) bond motifs is 1. The summed E-state index contributed by atoms with van der Waals surface area (Å²) >= 11 is 5.97. The highest BCUT2D eigenvalue weighted by Crippen LogP contribution is 2.38. The molecule has 0 aliphatic carbocycles. The molecule has 6 nitrogen and oxygen atoms in total. The number of nitrogens with zero attached hydrogens (tertiary/aromatic N) is 3. The minimum Gasteiger partial charge on any atom is -0.467 e. The van der Waals surface area contributed by atoms with Crippen LogP contribution in [0.2, 0.25) is 5.02 Å². The van der Waals surface area contributed by atoms with E-state index in [1.165, 1.54) is 0 Å². The number of anilines is 2. The number of furan rings is 1. The molecule has 0 radical (unpaired) electrons. The van der Waals surface area contributed by atoms with E-state index in [9.17, 15) is 0 Å². The molecule has 0 unspecified atom stereocenters. The lowest BCUT2D eigenvalue weighted by Crippen LogP contribution is -2.27. The van der Waals surface area contributed by atoms with Gasteiger partial charge < -0.3 is 15.5 Å². The summed E-state index contributed by atoms with van der Waals surface area (Å²) < 4.78 is 7.34. The van der Waals surface area contributed by atoms with Crippen LogP contribution in [0.4, 0.5) is 11.9 Å². The number of nitrogens with two attached hydrogens (primary N) is 1. The standard InChI is InChI=1S/C15H14ClN5O/c16-10-5-3-9(4-6-10)11-8-12(13-2-1-7-22-13)21-15(18-11)19-14(17)20-21/h1-7,11-12H,8H2,(H3,17,18,19,20)/t11-,12+/m0/s1. The molecule has 1 aliphatic heterocycles. The van der Waals surface area contributed by atoms with E-state index >= 15 is 0 Å². The molecule has 3 aromatic rings. The summed E-state index contributed by atoms with van der Waals surface area (Å²) in [5, 5.41) is 8.36. The maximum Gasteiger partial charge on any atom is 0.241 e. The molecule has 1 aromatic carbocycles. The molecule has 0 amide bonds. The number of hydrogen-bond acceptors (Lipinski definition) is 5. The van der Waals surface area contributed by atoms with Crippen molar-refractivity contribution in [1.29, 1.82) is 0 Å². The first-order valence-electron chi connectivity index (χ1n) is 6.98. The van der Waals surface area contributed by atoms with Gasteiger partial charge in [0.2, 0.25) is 11.9 Å². The molecule has 0 saturated carbocycles. The average Bonchev–Trinajstić information content (AvgIpc) is 3.15. The Bertz CT molecular complexity index is 781. The van der Waals surface area contributed by atoms with E-state index in [0.29, 0.717) is 5.95 Å². The molecular formula is C15H14ClN5O. The highest BCUT2D eigenvalue weighted by Gasteiger charge is 2.32. The molecule has 22 heavy (non-hydrogen) atoms. The summed E-state index contributed by atoms with van der Waals surface area (Å²) in [5.74, 6) is 1.73. The van der Waals surface area contributed by atoms with Gasteiger partial charge in [-0.15, -0.1) is 5.10 Å². The maximum atomic E-state index is 5.97. The minimum atomic E-state index is -0.0447. The largest absolute Gasteiger partial charge is 0.467 e. The normalized spacial score (nSPS) is 20.4. The Labute approximate surface area is 131 Å². The smallest absolute Gasteiger partial charge is 0.241 e. The van der Waals surface area contributed by atoms with Crippen molar-refractivity contribution in [3.63, 3.8) is 0 Å². The van der Waals surface area contributed by atoms with Crippen LogP contribution in [-0.2, 0) is 0 Å². The monoisotopic (exact) mass is 315 g/mol. The number of benzene rings is 1. The summed E-state index contributed by atoms with van der Waals surface area (Å²) in [6.07, 6.45) is 2.44. The highest BCUT2D eigenvalue weighted by molar-refractivity contribution is 6.30. The second-order valence-corrected chi connectivity index (χ2v) is 5.69. The molecule has 0 bridgehead atoms. The second-order valence-electron chi connectivity index (χ2n) is 5.25. The van der Waals surface area contributed by atoms with E-state index < -0.39 is 0 Å². The van der Waals surface area contributed by atoms with Crippen LogP contribution in [0.15, 0.2) is 47.1 Å². The van der Waals surface area contributed by atoms with Gasteiger partial charge in [-0.05, 0) is 29.8 Å². The molecule has 3 N–H and O–H groups in total. The van der Waals surface area contributed by atoms with Crippen molar-refractivity contribution < 1.29 is 4.42 Å². The van der Waals surface area contributed by atoms with Crippen molar-refractivity contribution in [3.05, 3.63) is 59.0 Å². The number of nitrogen functional groups attached to an aromatic ring is 1. The van der Waals surface area contributed by atoms with Gasteiger partial charge in [0.25, 0.3) is 0 Å². The fourth-order valence-electron chi connectivity index (χ4n) is 2.83. The van der Waals surface area contributed by atoms with Crippen LogP contribution >= 0.6 is 11.6 Å². The fraction of sp³-hybridized carbons (Fsp3) is 0.200. The Morgan fingerprint density at radius 1 is 1.27 bits per heavy atom. The van der Waals surface area contributed by atoms with Gasteiger partial charge in [-0.1, -0.05) is 23.7 Å². The summed E-state index contributed by atoms with van der Waals surface area (Å²) in [7, 11) is 0. The summed E-state index contributed by atoms with van der Waals surface area (Å²) in [5.41, 5.74) is 6.88. The van der Waals surface area contributed by atoms with Crippen LogP contribution in [0, 0.1) is 0 Å². The highest BCUT2D eigenvalue weighted by atomic mass is 35.5. The molecule has 112 valence electrons. The number of rotatable bonds is 2. The zero-order chi connectivity index (χ0) is 15.1. The molecule has 0 fully saturated rings. The van der Waals surface area contributed by atoms with E-state index in [2.05, 4.69) is 15.4 Å². The van der Waals surface area contributed by atoms with Crippen molar-refractivity contribution in [2.45, 2.75) is 18.5 Å². The summed E-state index contributed by atoms with van der Waals surface area (Å²) in [6, 6.07) is 11.6. The molecule has 4 rings (SSSR count). The number of halogens is 1. The van der Waals surface area contributed by atoms with E-state index in [1.54, 1.807) is 10.9 Å². The SMILES string of the molecule is Nc1nc2n(n1)[C@@H](c1ccco1)C[C@@H](c1ccc(Cl)cc1)N2. The lowest BCUT2D eigenvalue weighted by atomic mass is 9.96. The third-order valence-corrected chi connectivity index (χ3v) is 4.10. The van der Waals surface area contributed by atoms with Crippen LogP contribution in [0.1, 0.15) is 29.8 Å². The first kappa shape index (κ1) is 13.2. The molecular weight excluding hydrogens is 302 g/mol. The fourth-order valence-corrected chi connectivity index (χ4v) is 2.95. The number of hydrogen-bond donors (Lipinski definition) is 2. The first-order valence-corrected chi connectivity index (χ1v) is 7.36. The van der Waals surface area contributed by atoms with Gasteiger partial charge in [-0.3, -0.25) is 0 Å². The third kappa shape index (κ3) is 2.21.